The normalized spacial score (nSPS) is 15.7. The number of nitriles is 1. The zero-order valence-corrected chi connectivity index (χ0v) is 18.8. The number of aryl methyl sites for hydroxylation is 1. The number of benzene rings is 2. The Morgan fingerprint density at radius 2 is 2.00 bits per heavy atom. The van der Waals surface area contributed by atoms with Crippen LogP contribution in [0.1, 0.15) is 40.0 Å². The number of hydrogen-bond donors (Lipinski definition) is 2. The molecule has 0 saturated heterocycles. The molecule has 2 aromatic carbocycles. The van der Waals surface area contributed by atoms with Gasteiger partial charge in [0.05, 0.1) is 25.8 Å². The minimum Gasteiger partial charge on any atom is -0.380 e. The molecule has 1 aliphatic rings. The number of nitrogens with one attached hydrogen (secondary N) is 2. The summed E-state index contributed by atoms with van der Waals surface area (Å²) < 4.78 is 5.14. The van der Waals surface area contributed by atoms with E-state index in [-0.39, 0.29) is 18.4 Å². The summed E-state index contributed by atoms with van der Waals surface area (Å²) >= 11 is 0. The molecule has 0 spiro atoms. The zero-order valence-electron chi connectivity index (χ0n) is 18.8. The van der Waals surface area contributed by atoms with Gasteiger partial charge >= 0.3 is 0 Å². The molecular weight excluding hydrogens is 420 g/mol. The van der Waals surface area contributed by atoms with Gasteiger partial charge in [0.1, 0.15) is 6.04 Å². The number of ether oxygens (including phenoxy) is 1. The molecule has 2 N–H and O–H groups in total. The summed E-state index contributed by atoms with van der Waals surface area (Å²) in [5.74, 6) is -0.552. The van der Waals surface area contributed by atoms with Crippen LogP contribution in [0.3, 0.4) is 0 Å². The predicted molar refractivity (Wildman–Crippen MR) is 122 cm³/mol. The largest absolute Gasteiger partial charge is 0.380 e. The molecule has 3 rings (SSSR count). The van der Waals surface area contributed by atoms with Crippen molar-refractivity contribution >= 4 is 11.8 Å². The second-order valence-corrected chi connectivity index (χ2v) is 7.65. The number of amides is 2. The highest BCUT2D eigenvalue weighted by Gasteiger charge is 2.28. The maximum Gasteiger partial charge on any atom is 0.251 e. The molecule has 1 heterocycles. The number of nitrogens with zero attached hydrogens (tertiary/aromatic N) is 4. The Morgan fingerprint density at radius 3 is 2.70 bits per heavy atom. The molecule has 0 saturated carbocycles. The Kier molecular flexibility index (Phi) is 8.49. The summed E-state index contributed by atoms with van der Waals surface area (Å²) in [6.45, 7) is 3.45. The van der Waals surface area contributed by atoms with E-state index in [0.717, 1.165) is 23.1 Å². The van der Waals surface area contributed by atoms with Gasteiger partial charge in [-0.1, -0.05) is 54.6 Å². The summed E-state index contributed by atoms with van der Waals surface area (Å²) in [5, 5.41) is 24.8. The number of methoxy groups -OCH3 is 1. The van der Waals surface area contributed by atoms with Crippen LogP contribution in [0.25, 0.3) is 0 Å². The third-order valence-electron chi connectivity index (χ3n) is 5.36. The number of carbonyl (C=O) groups is 2. The van der Waals surface area contributed by atoms with Crippen LogP contribution in [0.15, 0.2) is 58.9 Å². The number of carbonyl (C=O) groups excluding carboxylic acids is 2. The molecule has 2 aromatic rings. The van der Waals surface area contributed by atoms with Crippen molar-refractivity contribution in [3.63, 3.8) is 0 Å². The quantitative estimate of drug-likeness (QED) is 0.579. The maximum absolute atomic E-state index is 12.6. The third kappa shape index (κ3) is 6.37. The molecule has 33 heavy (non-hydrogen) atoms. The van der Waals surface area contributed by atoms with E-state index in [1.807, 2.05) is 36.4 Å². The summed E-state index contributed by atoms with van der Waals surface area (Å²) in [5.41, 5.74) is 3.27. The highest BCUT2D eigenvalue weighted by molar-refractivity contribution is 5.95. The molecule has 0 bridgehead atoms. The summed E-state index contributed by atoms with van der Waals surface area (Å²) in [6, 6.07) is 15.5. The van der Waals surface area contributed by atoms with E-state index in [1.165, 1.54) is 0 Å². The first-order valence-corrected chi connectivity index (χ1v) is 10.8. The van der Waals surface area contributed by atoms with Crippen molar-refractivity contribution < 1.29 is 14.3 Å². The van der Waals surface area contributed by atoms with E-state index in [9.17, 15) is 14.9 Å². The van der Waals surface area contributed by atoms with E-state index < -0.39 is 12.1 Å². The van der Waals surface area contributed by atoms with Gasteiger partial charge in [-0.2, -0.15) is 10.4 Å². The molecule has 0 aliphatic carbocycles. The van der Waals surface area contributed by atoms with Crippen LogP contribution in [0, 0.1) is 11.3 Å². The van der Waals surface area contributed by atoms with Crippen LogP contribution >= 0.6 is 0 Å². The monoisotopic (exact) mass is 448 g/mol. The van der Waals surface area contributed by atoms with Gasteiger partial charge in [0.25, 0.3) is 5.91 Å². The fraction of sp³-hybridized carbons (Fsp3) is 0.375. The van der Waals surface area contributed by atoms with Gasteiger partial charge in [-0.3, -0.25) is 14.6 Å². The lowest BCUT2D eigenvalue weighted by atomic mass is 10.0. The second-order valence-electron chi connectivity index (χ2n) is 7.65. The first-order chi connectivity index (χ1) is 16.0. The Hall–Kier alpha value is -3.77. The maximum atomic E-state index is 12.6. The van der Waals surface area contributed by atoms with E-state index in [2.05, 4.69) is 34.0 Å². The standard InChI is InChI=1S/C24H28N6O3/c1-3-17-8-10-18(11-9-17)21(14-25)27-24(32)22-15-30(29-28-22)13-12-26-23(31)20-7-5-4-6-19(20)16-33-2/h4-11,21-22H,3,12-13,15-16H2,1-2H3,(H,26,31)(H,27,32). The van der Waals surface area contributed by atoms with Crippen molar-refractivity contribution in [2.24, 2.45) is 10.3 Å². The molecule has 2 amide bonds. The van der Waals surface area contributed by atoms with Crippen LogP contribution in [0.4, 0.5) is 0 Å². The molecule has 2 atom stereocenters. The third-order valence-corrected chi connectivity index (χ3v) is 5.36. The Morgan fingerprint density at radius 1 is 1.24 bits per heavy atom. The van der Waals surface area contributed by atoms with Crippen molar-refractivity contribution in [2.45, 2.75) is 32.0 Å². The first-order valence-electron chi connectivity index (χ1n) is 10.8. The van der Waals surface area contributed by atoms with Crippen molar-refractivity contribution in [1.29, 1.82) is 5.26 Å². The fourth-order valence-corrected chi connectivity index (χ4v) is 3.47. The predicted octanol–water partition coefficient (Wildman–Crippen LogP) is 2.56. The SMILES string of the molecule is CCc1ccc(C(C#N)NC(=O)C2CN(CCNC(=O)c3ccccc3COC)N=N2)cc1. The molecular formula is C24H28N6O3. The van der Waals surface area contributed by atoms with Crippen LogP contribution in [-0.2, 0) is 22.6 Å². The van der Waals surface area contributed by atoms with Crippen molar-refractivity contribution in [3.05, 3.63) is 70.8 Å². The molecule has 9 nitrogen and oxygen atoms in total. The van der Waals surface area contributed by atoms with Crippen LogP contribution in [-0.4, -0.2) is 49.6 Å². The van der Waals surface area contributed by atoms with Gasteiger partial charge in [-0.05, 0) is 29.2 Å². The lowest BCUT2D eigenvalue weighted by molar-refractivity contribution is -0.122. The molecule has 0 fully saturated rings. The molecule has 9 heteroatoms. The van der Waals surface area contributed by atoms with Crippen molar-refractivity contribution in [2.75, 3.05) is 26.7 Å². The van der Waals surface area contributed by atoms with E-state index in [1.54, 1.807) is 24.3 Å². The van der Waals surface area contributed by atoms with Crippen LogP contribution < -0.4 is 10.6 Å². The van der Waals surface area contributed by atoms with Gasteiger partial charge < -0.3 is 15.4 Å². The highest BCUT2D eigenvalue weighted by atomic mass is 16.5. The summed E-state index contributed by atoms with van der Waals surface area (Å²) in [7, 11) is 1.58. The fourth-order valence-electron chi connectivity index (χ4n) is 3.47. The Labute approximate surface area is 193 Å². The highest BCUT2D eigenvalue weighted by Crippen LogP contribution is 2.16. The average molecular weight is 449 g/mol. The van der Waals surface area contributed by atoms with Gasteiger partial charge in [0.15, 0.2) is 6.04 Å². The van der Waals surface area contributed by atoms with Crippen LogP contribution in [0.2, 0.25) is 0 Å². The molecule has 0 aromatic heterocycles. The first kappa shape index (κ1) is 23.9. The summed E-state index contributed by atoms with van der Waals surface area (Å²) in [4.78, 5) is 25.1. The smallest absolute Gasteiger partial charge is 0.251 e. The van der Waals surface area contributed by atoms with E-state index in [0.29, 0.717) is 25.3 Å². The topological polar surface area (TPSA) is 119 Å². The van der Waals surface area contributed by atoms with Gasteiger partial charge in [0.2, 0.25) is 5.91 Å². The van der Waals surface area contributed by atoms with Crippen molar-refractivity contribution in [1.82, 2.24) is 15.6 Å². The van der Waals surface area contributed by atoms with Gasteiger partial charge in [0, 0.05) is 19.2 Å². The molecule has 172 valence electrons. The minimum absolute atomic E-state index is 0.195. The number of hydrogen-bond acceptors (Lipinski definition) is 7. The summed E-state index contributed by atoms with van der Waals surface area (Å²) in [6.07, 6.45) is 0.905. The van der Waals surface area contributed by atoms with Gasteiger partial charge in [-0.15, -0.1) is 0 Å². The molecule has 0 radical (unpaired) electrons. The van der Waals surface area contributed by atoms with Crippen molar-refractivity contribution in [3.8, 4) is 6.07 Å². The Balaban J connectivity index is 1.46. The lowest BCUT2D eigenvalue weighted by Crippen LogP contribution is -2.40. The Bertz CT molecular complexity index is 1030. The van der Waals surface area contributed by atoms with Crippen LogP contribution in [0.5, 0.6) is 0 Å². The van der Waals surface area contributed by atoms with E-state index >= 15 is 0 Å². The molecule has 2 unspecified atom stereocenters. The zero-order chi connectivity index (χ0) is 23.6. The second kappa shape index (κ2) is 11.7. The van der Waals surface area contributed by atoms with Gasteiger partial charge in [-0.25, -0.2) is 0 Å². The average Bonchev–Trinajstić information content (AvgIpc) is 3.32. The lowest BCUT2D eigenvalue weighted by Gasteiger charge is -2.16. The molecule has 1 aliphatic heterocycles. The minimum atomic E-state index is -0.751. The number of rotatable bonds is 10. The van der Waals surface area contributed by atoms with E-state index in [4.69, 9.17) is 4.74 Å².